The first kappa shape index (κ1) is 7.00. The minimum atomic E-state index is 0.949. The quantitative estimate of drug-likeness (QED) is 0.511. The molecule has 0 N–H and O–H groups in total. The first-order valence-electron chi connectivity index (χ1n) is 3.31. The molecule has 0 heterocycles. The van der Waals surface area contributed by atoms with Crippen molar-refractivity contribution in [3.05, 3.63) is 0 Å². The van der Waals surface area contributed by atoms with Gasteiger partial charge in [0.1, 0.15) is 0 Å². The van der Waals surface area contributed by atoms with Gasteiger partial charge in [0.25, 0.3) is 0 Å². The lowest BCUT2D eigenvalue weighted by Crippen LogP contribution is -1.88. The van der Waals surface area contributed by atoms with Crippen LogP contribution in [0.15, 0.2) is 0 Å². The lowest BCUT2D eigenvalue weighted by atomic mass is 10.0. The van der Waals surface area contributed by atoms with E-state index in [0.717, 1.165) is 5.92 Å². The highest BCUT2D eigenvalue weighted by Gasteiger charge is 1.92. The van der Waals surface area contributed by atoms with E-state index < -0.39 is 0 Å². The summed E-state index contributed by atoms with van der Waals surface area (Å²) in [5.74, 6) is 0.949. The molecule has 0 aromatic heterocycles. The summed E-state index contributed by atoms with van der Waals surface area (Å²) in [7, 11) is 0. The smallest absolute Gasteiger partial charge is 0.0446 e. The van der Waals surface area contributed by atoms with Crippen molar-refractivity contribution < 1.29 is 0 Å². The number of hydrogen-bond acceptors (Lipinski definition) is 0. The third kappa shape index (κ3) is 3.84. The highest BCUT2D eigenvalue weighted by atomic mass is 14.0. The molecule has 0 saturated heterocycles. The van der Waals surface area contributed by atoms with Crippen LogP contribution in [0.3, 0.4) is 0 Å². The summed E-state index contributed by atoms with van der Waals surface area (Å²) in [4.78, 5) is 0. The van der Waals surface area contributed by atoms with Crippen LogP contribution in [0.2, 0.25) is 0 Å². The molecule has 0 radical (unpaired) electrons. The Labute approximate surface area is 46.9 Å². The number of hydrogen-bond donors (Lipinski definition) is 0. The second-order valence-corrected chi connectivity index (χ2v) is 2.30. The van der Waals surface area contributed by atoms with Crippen molar-refractivity contribution in [2.24, 2.45) is 5.92 Å². The normalized spacial score (nSPS) is 14.1. The second kappa shape index (κ2) is 4.17. The zero-order valence-electron chi connectivity index (χ0n) is 5.70. The molecule has 0 aliphatic heterocycles. The summed E-state index contributed by atoms with van der Waals surface area (Å²) in [5, 5.41) is 0. The van der Waals surface area contributed by atoms with Gasteiger partial charge in [-0.3, -0.25) is 0 Å². The van der Waals surface area contributed by atoms with Crippen molar-refractivity contribution in [1.82, 2.24) is 0 Å². The molecule has 0 amide bonds. The third-order valence-corrected chi connectivity index (χ3v) is 1.48. The van der Waals surface area contributed by atoms with Gasteiger partial charge in [-0.15, -0.1) is 0 Å². The van der Waals surface area contributed by atoms with E-state index in [1.165, 1.54) is 19.3 Å². The molecule has 0 aliphatic rings. The van der Waals surface area contributed by atoms with Crippen LogP contribution in [0.4, 0.5) is 0 Å². The fraction of sp³-hybridized carbons (Fsp3) is 1.00. The largest absolute Gasteiger partial charge is 0.0654 e. The average Bonchev–Trinajstić information content (AvgIpc) is 1.68. The first-order valence-corrected chi connectivity index (χ1v) is 3.31. The van der Waals surface area contributed by atoms with Crippen LogP contribution in [0.25, 0.3) is 0 Å². The Hall–Kier alpha value is 0. The van der Waals surface area contributed by atoms with Gasteiger partial charge in [0.05, 0.1) is 0 Å². The van der Waals surface area contributed by atoms with Gasteiger partial charge in [-0.2, -0.15) is 0 Å². The van der Waals surface area contributed by atoms with Crippen molar-refractivity contribution in [3.63, 3.8) is 0 Å². The molecule has 0 saturated carbocycles. The van der Waals surface area contributed by atoms with Crippen molar-refractivity contribution >= 4 is 0 Å². The molecule has 0 unspecified atom stereocenters. The van der Waals surface area contributed by atoms with E-state index in [1.54, 1.807) is 0 Å². The standard InChI is InChI=1S/C7H16/c1-4-6-7(3)5-2/h7H,4-6H2,1-3H3/t7-/m1/s1. The SMILES string of the molecule is CCC[C@H](C)CC. The summed E-state index contributed by atoms with van der Waals surface area (Å²) in [6.45, 7) is 6.80. The fourth-order valence-electron chi connectivity index (χ4n) is 0.697. The molecule has 0 aliphatic carbocycles. The maximum atomic E-state index is 2.31. The van der Waals surface area contributed by atoms with Crippen molar-refractivity contribution in [1.29, 1.82) is 0 Å². The van der Waals surface area contributed by atoms with Crippen LogP contribution in [-0.2, 0) is 0 Å². The van der Waals surface area contributed by atoms with Crippen molar-refractivity contribution in [2.45, 2.75) is 40.0 Å². The maximum absolute atomic E-state index is 2.31. The van der Waals surface area contributed by atoms with E-state index in [9.17, 15) is 0 Å². The lowest BCUT2D eigenvalue weighted by Gasteiger charge is -2.02. The Morgan fingerprint density at radius 1 is 1.29 bits per heavy atom. The number of rotatable bonds is 3. The lowest BCUT2D eigenvalue weighted by molar-refractivity contribution is 0.509. The molecule has 0 rings (SSSR count). The Bertz CT molecular complexity index is 31.0. The van der Waals surface area contributed by atoms with Crippen LogP contribution >= 0.6 is 0 Å². The predicted molar refractivity (Wildman–Crippen MR) is 34.4 cm³/mol. The first-order chi connectivity index (χ1) is 3.31. The Morgan fingerprint density at radius 3 is 2.00 bits per heavy atom. The summed E-state index contributed by atoms with van der Waals surface area (Å²) in [6.07, 6.45) is 4.08. The molecule has 44 valence electrons. The van der Waals surface area contributed by atoms with E-state index in [-0.39, 0.29) is 0 Å². The van der Waals surface area contributed by atoms with Gasteiger partial charge in [0.15, 0.2) is 0 Å². The maximum Gasteiger partial charge on any atom is -0.0446 e. The average molecular weight is 100 g/mol. The van der Waals surface area contributed by atoms with Crippen LogP contribution in [0.5, 0.6) is 0 Å². The molecule has 0 nitrogen and oxygen atoms in total. The minimum absolute atomic E-state index is 0.949. The van der Waals surface area contributed by atoms with Crippen LogP contribution in [-0.4, -0.2) is 0 Å². The van der Waals surface area contributed by atoms with E-state index in [4.69, 9.17) is 0 Å². The third-order valence-electron chi connectivity index (χ3n) is 1.48. The molecule has 1 atom stereocenters. The highest BCUT2D eigenvalue weighted by molar-refractivity contribution is 4.45. The van der Waals surface area contributed by atoms with Crippen molar-refractivity contribution in [3.8, 4) is 0 Å². The Morgan fingerprint density at radius 2 is 1.86 bits per heavy atom. The van der Waals surface area contributed by atoms with Gasteiger partial charge in [0, 0.05) is 0 Å². The van der Waals surface area contributed by atoms with Gasteiger partial charge in [-0.25, -0.2) is 0 Å². The van der Waals surface area contributed by atoms with Crippen LogP contribution in [0.1, 0.15) is 40.0 Å². The van der Waals surface area contributed by atoms with E-state index in [1.807, 2.05) is 0 Å². The zero-order valence-corrected chi connectivity index (χ0v) is 5.70. The summed E-state index contributed by atoms with van der Waals surface area (Å²) >= 11 is 0. The second-order valence-electron chi connectivity index (χ2n) is 2.30. The highest BCUT2D eigenvalue weighted by Crippen LogP contribution is 2.07. The molecule has 0 fully saturated rings. The molecule has 0 aromatic rings. The van der Waals surface area contributed by atoms with E-state index in [0.29, 0.717) is 0 Å². The van der Waals surface area contributed by atoms with Crippen molar-refractivity contribution in [2.75, 3.05) is 0 Å². The van der Waals surface area contributed by atoms with Crippen LogP contribution in [0, 0.1) is 5.92 Å². The zero-order chi connectivity index (χ0) is 5.70. The molecular formula is C7H16. The molecule has 0 bridgehead atoms. The van der Waals surface area contributed by atoms with E-state index in [2.05, 4.69) is 20.8 Å². The summed E-state index contributed by atoms with van der Waals surface area (Å²) in [6, 6.07) is 0. The van der Waals surface area contributed by atoms with E-state index >= 15 is 0 Å². The van der Waals surface area contributed by atoms with Gasteiger partial charge < -0.3 is 0 Å². The molecule has 0 aromatic carbocycles. The summed E-state index contributed by atoms with van der Waals surface area (Å²) < 4.78 is 0. The molecule has 7 heavy (non-hydrogen) atoms. The monoisotopic (exact) mass is 100 g/mol. The summed E-state index contributed by atoms with van der Waals surface area (Å²) in [5.41, 5.74) is 0. The van der Waals surface area contributed by atoms with Gasteiger partial charge in [-0.1, -0.05) is 40.0 Å². The Balaban J connectivity index is 2.83. The molecule has 0 heteroatoms. The minimum Gasteiger partial charge on any atom is -0.0654 e. The van der Waals surface area contributed by atoms with Gasteiger partial charge >= 0.3 is 0 Å². The molecule has 0 spiro atoms. The molecular weight excluding hydrogens is 84.1 g/mol. The predicted octanol–water partition coefficient (Wildman–Crippen LogP) is 2.83. The Kier molecular flexibility index (Phi) is 4.17. The van der Waals surface area contributed by atoms with Crippen LogP contribution < -0.4 is 0 Å². The van der Waals surface area contributed by atoms with Gasteiger partial charge in [-0.05, 0) is 5.92 Å². The topological polar surface area (TPSA) is 0 Å². The fourth-order valence-corrected chi connectivity index (χ4v) is 0.697. The van der Waals surface area contributed by atoms with Gasteiger partial charge in [0.2, 0.25) is 0 Å².